The van der Waals surface area contributed by atoms with Crippen LogP contribution in [0.3, 0.4) is 0 Å². The number of benzene rings is 2. The fourth-order valence-corrected chi connectivity index (χ4v) is 5.28. The molecule has 148 valence electrons. The topological polar surface area (TPSA) is 0 Å². The van der Waals surface area contributed by atoms with E-state index in [0.717, 1.165) is 36.5 Å². The summed E-state index contributed by atoms with van der Waals surface area (Å²) >= 11 is 5.53. The summed E-state index contributed by atoms with van der Waals surface area (Å²) in [4.78, 5) is 0. The summed E-state index contributed by atoms with van der Waals surface area (Å²) in [7, 11) is 0. The average Bonchev–Trinajstić information content (AvgIpc) is 2.70. The van der Waals surface area contributed by atoms with Crippen LogP contribution in [0.2, 0.25) is 5.02 Å². The quantitative estimate of drug-likeness (QED) is 0.360. The lowest BCUT2D eigenvalue weighted by Gasteiger charge is -2.41. The molecule has 4 atom stereocenters. The van der Waals surface area contributed by atoms with Gasteiger partial charge >= 0.3 is 0 Å². The van der Waals surface area contributed by atoms with Crippen molar-refractivity contribution in [2.75, 3.05) is 0 Å². The summed E-state index contributed by atoms with van der Waals surface area (Å²) in [5.41, 5.74) is 1.34. The largest absolute Gasteiger partial charge is 0.206 e. The highest BCUT2D eigenvalue weighted by Crippen LogP contribution is 2.48. The van der Waals surface area contributed by atoms with Crippen LogP contribution < -0.4 is 0 Å². The van der Waals surface area contributed by atoms with Gasteiger partial charge in [0.15, 0.2) is 0 Å². The van der Waals surface area contributed by atoms with Gasteiger partial charge in [-0.2, -0.15) is 0 Å². The van der Waals surface area contributed by atoms with Crippen LogP contribution in [-0.2, 0) is 0 Å². The van der Waals surface area contributed by atoms with Crippen LogP contribution in [0.25, 0.3) is 11.1 Å². The van der Waals surface area contributed by atoms with Gasteiger partial charge in [-0.25, -0.2) is 13.2 Å². The van der Waals surface area contributed by atoms with E-state index in [2.05, 4.69) is 12.7 Å². The molecular weight excluding hydrogens is 381 g/mol. The normalized spacial score (nSPS) is 27.3. The third-order valence-electron chi connectivity index (χ3n) is 6.75. The fraction of sp³-hybridized carbons (Fsp3) is 0.417. The summed E-state index contributed by atoms with van der Waals surface area (Å²) < 4.78 is 42.3. The molecular formula is C24H24ClF3. The standard InChI is InChI=1S/C24H24ClF3/c1-2-14-3-4-16-10-17(6-5-15(16)9-14)18-7-8-20(21(26)11-18)19-12-22(27)24(25)23(28)13-19/h2,7-8,11-17H,1,3-6,9-10H2. The molecule has 0 radical (unpaired) electrons. The Morgan fingerprint density at radius 3 is 2.21 bits per heavy atom. The first kappa shape index (κ1) is 19.6. The molecule has 2 aliphatic carbocycles. The number of halogens is 4. The van der Waals surface area contributed by atoms with Gasteiger partial charge in [0.05, 0.1) is 0 Å². The van der Waals surface area contributed by atoms with Gasteiger partial charge in [0.25, 0.3) is 0 Å². The van der Waals surface area contributed by atoms with E-state index >= 15 is 0 Å². The van der Waals surface area contributed by atoms with E-state index in [-0.39, 0.29) is 11.1 Å². The third-order valence-corrected chi connectivity index (χ3v) is 7.11. The van der Waals surface area contributed by atoms with Gasteiger partial charge in [0, 0.05) is 5.56 Å². The Morgan fingerprint density at radius 1 is 0.857 bits per heavy atom. The maximum Gasteiger partial charge on any atom is 0.145 e. The van der Waals surface area contributed by atoms with Crippen LogP contribution >= 0.6 is 11.6 Å². The maximum absolute atomic E-state index is 14.8. The molecule has 4 rings (SSSR count). The van der Waals surface area contributed by atoms with E-state index in [0.29, 0.717) is 17.8 Å². The van der Waals surface area contributed by atoms with Gasteiger partial charge in [-0.1, -0.05) is 29.8 Å². The Balaban J connectivity index is 1.53. The fourth-order valence-electron chi connectivity index (χ4n) is 5.17. The minimum absolute atomic E-state index is 0.162. The SMILES string of the molecule is C=CC1CCC2CC(c3ccc(-c4cc(F)c(Cl)c(F)c4)c(F)c3)CCC2C1. The predicted molar refractivity (Wildman–Crippen MR) is 108 cm³/mol. The van der Waals surface area contributed by atoms with Crippen molar-refractivity contribution in [2.24, 2.45) is 17.8 Å². The Morgan fingerprint density at radius 2 is 1.54 bits per heavy atom. The highest BCUT2D eigenvalue weighted by molar-refractivity contribution is 6.31. The average molecular weight is 405 g/mol. The number of allylic oxidation sites excluding steroid dienone is 1. The number of hydrogen-bond acceptors (Lipinski definition) is 0. The van der Waals surface area contributed by atoms with Gasteiger partial charge in [-0.15, -0.1) is 6.58 Å². The lowest BCUT2D eigenvalue weighted by atomic mass is 9.64. The molecule has 4 heteroatoms. The van der Waals surface area contributed by atoms with Crippen LogP contribution in [0.15, 0.2) is 43.0 Å². The first-order chi connectivity index (χ1) is 13.5. The highest BCUT2D eigenvalue weighted by Gasteiger charge is 2.35. The molecule has 0 N–H and O–H groups in total. The third kappa shape index (κ3) is 3.74. The number of hydrogen-bond donors (Lipinski definition) is 0. The molecule has 0 saturated heterocycles. The van der Waals surface area contributed by atoms with Crippen LogP contribution in [0.1, 0.15) is 50.0 Å². The van der Waals surface area contributed by atoms with Gasteiger partial charge in [0.1, 0.15) is 22.5 Å². The van der Waals surface area contributed by atoms with E-state index in [1.165, 1.54) is 25.7 Å². The van der Waals surface area contributed by atoms with Crippen LogP contribution in [0, 0.1) is 35.2 Å². The smallest absolute Gasteiger partial charge is 0.145 e. The van der Waals surface area contributed by atoms with Gasteiger partial charge in [-0.05, 0) is 91.5 Å². The van der Waals surface area contributed by atoms with Gasteiger partial charge in [-0.3, -0.25) is 0 Å². The summed E-state index contributed by atoms with van der Waals surface area (Å²) in [6.07, 6.45) is 9.10. The molecule has 4 unspecified atom stereocenters. The minimum atomic E-state index is -0.881. The van der Waals surface area contributed by atoms with E-state index in [1.54, 1.807) is 12.1 Å². The van der Waals surface area contributed by atoms with Crippen LogP contribution in [0.4, 0.5) is 13.2 Å². The summed E-state index contributed by atoms with van der Waals surface area (Å²) in [6, 6.07) is 7.23. The van der Waals surface area contributed by atoms with Gasteiger partial charge in [0.2, 0.25) is 0 Å². The molecule has 0 nitrogen and oxygen atoms in total. The van der Waals surface area contributed by atoms with Gasteiger partial charge < -0.3 is 0 Å². The number of fused-ring (bicyclic) bond motifs is 1. The van der Waals surface area contributed by atoms with E-state index in [4.69, 9.17) is 11.6 Å². The van der Waals surface area contributed by atoms with Crippen molar-refractivity contribution in [1.29, 1.82) is 0 Å². The molecule has 0 aliphatic heterocycles. The first-order valence-electron chi connectivity index (χ1n) is 10.0. The van der Waals surface area contributed by atoms with Crippen molar-refractivity contribution in [1.82, 2.24) is 0 Å². The summed E-state index contributed by atoms with van der Waals surface area (Å²) in [6.45, 7) is 3.95. The molecule has 0 aromatic heterocycles. The van der Waals surface area contributed by atoms with Crippen LogP contribution in [-0.4, -0.2) is 0 Å². The molecule has 2 saturated carbocycles. The Kier molecular flexibility index (Phi) is 5.55. The Labute approximate surface area is 169 Å². The summed E-state index contributed by atoms with van der Waals surface area (Å²) in [5.74, 6) is 0.256. The van der Waals surface area contributed by atoms with Crippen molar-refractivity contribution in [3.8, 4) is 11.1 Å². The van der Waals surface area contributed by atoms with Crippen molar-refractivity contribution in [3.63, 3.8) is 0 Å². The molecule has 2 aliphatic rings. The lowest BCUT2D eigenvalue weighted by Crippen LogP contribution is -2.29. The predicted octanol–water partition coefficient (Wildman–Crippen LogP) is 7.91. The van der Waals surface area contributed by atoms with Crippen molar-refractivity contribution < 1.29 is 13.2 Å². The molecule has 0 heterocycles. The van der Waals surface area contributed by atoms with E-state index in [1.807, 2.05) is 6.07 Å². The van der Waals surface area contributed by atoms with Crippen molar-refractivity contribution >= 4 is 11.6 Å². The molecule has 2 aromatic rings. The van der Waals surface area contributed by atoms with E-state index in [9.17, 15) is 13.2 Å². The molecule has 0 amide bonds. The van der Waals surface area contributed by atoms with E-state index < -0.39 is 22.5 Å². The van der Waals surface area contributed by atoms with Crippen LogP contribution in [0.5, 0.6) is 0 Å². The lowest BCUT2D eigenvalue weighted by molar-refractivity contribution is 0.133. The second-order valence-corrected chi connectivity index (χ2v) is 8.71. The first-order valence-corrected chi connectivity index (χ1v) is 10.4. The Bertz CT molecular complexity index is 868. The summed E-state index contributed by atoms with van der Waals surface area (Å²) in [5, 5.41) is -0.566. The zero-order valence-electron chi connectivity index (χ0n) is 15.7. The van der Waals surface area contributed by atoms with Crippen molar-refractivity contribution in [3.05, 3.63) is 71.0 Å². The Hall–Kier alpha value is -1.74. The monoisotopic (exact) mass is 404 g/mol. The molecule has 0 spiro atoms. The molecule has 28 heavy (non-hydrogen) atoms. The zero-order chi connectivity index (χ0) is 19.8. The molecule has 2 fully saturated rings. The maximum atomic E-state index is 14.8. The molecule has 0 bridgehead atoms. The van der Waals surface area contributed by atoms with Crippen molar-refractivity contribution in [2.45, 2.75) is 44.4 Å². The minimum Gasteiger partial charge on any atom is -0.206 e. The second-order valence-electron chi connectivity index (χ2n) is 8.33. The highest BCUT2D eigenvalue weighted by atomic mass is 35.5. The number of rotatable bonds is 3. The molecule has 2 aromatic carbocycles. The zero-order valence-corrected chi connectivity index (χ0v) is 16.5. The second kappa shape index (κ2) is 7.94.